The average Bonchev–Trinajstić information content (AvgIpc) is 3.41. The van der Waals surface area contributed by atoms with Crippen LogP contribution in [0.2, 0.25) is 0 Å². The Labute approximate surface area is 216 Å². The SMILES string of the molecule is CC(C)(C)C1(C2=[C]([Zr+2][C]3=C(C4(C(C)(C)C)CCCC4)C=CC3)CC=C2)CCCC1.[Cl-].[Cl-]. The summed E-state index contributed by atoms with van der Waals surface area (Å²) in [6, 6.07) is 0. The van der Waals surface area contributed by atoms with Crippen LogP contribution in [0.5, 0.6) is 0 Å². The van der Waals surface area contributed by atoms with E-state index in [2.05, 4.69) is 65.8 Å². The van der Waals surface area contributed by atoms with Crippen molar-refractivity contribution in [3.05, 3.63) is 42.0 Å². The standard InChI is InChI=1S/2C14H21.2ClH.Zr/c2*1-13(2,3)14(10-6-7-11-14)12-8-4-5-9-12;;;/h2*4,8H,5-7,10-11H2,1-3H3;2*1H;/q;;;;+2/p-2. The van der Waals surface area contributed by atoms with Crippen LogP contribution >= 0.6 is 0 Å². The molecule has 4 aliphatic carbocycles. The fraction of sp³-hybridized carbons (Fsp3) is 0.714. The maximum Gasteiger partial charge on any atom is -1.00 e. The second kappa shape index (κ2) is 9.96. The number of hydrogen-bond donors (Lipinski definition) is 0. The molecule has 172 valence electrons. The summed E-state index contributed by atoms with van der Waals surface area (Å²) >= 11 is -0.707. The van der Waals surface area contributed by atoms with E-state index >= 15 is 0 Å². The number of allylic oxidation sites excluding steroid dienone is 8. The molecule has 3 heteroatoms. The Balaban J connectivity index is 0.00000171. The zero-order valence-electron chi connectivity index (χ0n) is 20.6. The summed E-state index contributed by atoms with van der Waals surface area (Å²) in [5.74, 6) is 0. The van der Waals surface area contributed by atoms with Crippen LogP contribution in [0.15, 0.2) is 42.0 Å². The van der Waals surface area contributed by atoms with Crippen LogP contribution in [0.1, 0.15) is 106 Å². The van der Waals surface area contributed by atoms with E-state index in [0.29, 0.717) is 21.7 Å². The van der Waals surface area contributed by atoms with E-state index < -0.39 is 23.2 Å². The van der Waals surface area contributed by atoms with Gasteiger partial charge >= 0.3 is 193 Å². The molecule has 0 spiro atoms. The first-order valence-corrected chi connectivity index (χ1v) is 14.6. The van der Waals surface area contributed by atoms with Crippen molar-refractivity contribution in [2.24, 2.45) is 21.7 Å². The molecular weight excluding hydrogens is 498 g/mol. The largest absolute Gasteiger partial charge is 1.00 e. The molecule has 0 bridgehead atoms. The van der Waals surface area contributed by atoms with E-state index in [0.717, 1.165) is 0 Å². The van der Waals surface area contributed by atoms with Crippen LogP contribution in [-0.2, 0) is 23.2 Å². The molecule has 0 N–H and O–H groups in total. The third kappa shape index (κ3) is 4.69. The van der Waals surface area contributed by atoms with Gasteiger partial charge in [0.2, 0.25) is 0 Å². The average molecular weight is 541 g/mol. The molecule has 4 rings (SSSR count). The number of hydrogen-bond acceptors (Lipinski definition) is 0. The summed E-state index contributed by atoms with van der Waals surface area (Å²) in [6.07, 6.45) is 24.0. The fourth-order valence-electron chi connectivity index (χ4n) is 7.13. The molecule has 2 saturated carbocycles. The van der Waals surface area contributed by atoms with Crippen molar-refractivity contribution in [3.8, 4) is 0 Å². The van der Waals surface area contributed by atoms with E-state index in [9.17, 15) is 0 Å². The Morgan fingerprint density at radius 3 is 1.23 bits per heavy atom. The molecule has 0 saturated heterocycles. The van der Waals surface area contributed by atoms with Crippen molar-refractivity contribution in [2.45, 2.75) is 106 Å². The van der Waals surface area contributed by atoms with Gasteiger partial charge in [-0.1, -0.05) is 0 Å². The minimum atomic E-state index is -0.707. The Bertz CT molecular complexity index is 705. The molecule has 0 atom stereocenters. The van der Waals surface area contributed by atoms with Gasteiger partial charge in [-0.3, -0.25) is 0 Å². The molecule has 4 aliphatic rings. The third-order valence-corrected chi connectivity index (χ3v) is 12.8. The number of halogens is 2. The molecule has 0 radical (unpaired) electrons. The Morgan fingerprint density at radius 2 is 0.935 bits per heavy atom. The predicted molar refractivity (Wildman–Crippen MR) is 122 cm³/mol. The van der Waals surface area contributed by atoms with Crippen molar-refractivity contribution in [1.29, 1.82) is 0 Å². The van der Waals surface area contributed by atoms with Gasteiger partial charge in [-0.2, -0.15) is 0 Å². The van der Waals surface area contributed by atoms with Crippen LogP contribution in [0.3, 0.4) is 0 Å². The minimum absolute atomic E-state index is 0. The van der Waals surface area contributed by atoms with E-state index in [1.165, 1.54) is 64.2 Å². The van der Waals surface area contributed by atoms with Crippen molar-refractivity contribution >= 4 is 0 Å². The molecular formula is C28H42Cl2Zr. The molecule has 0 nitrogen and oxygen atoms in total. The smallest absolute Gasteiger partial charge is 1.00 e. The fourth-order valence-corrected chi connectivity index (χ4v) is 11.4. The minimum Gasteiger partial charge on any atom is -1.00 e. The van der Waals surface area contributed by atoms with Gasteiger partial charge in [0.05, 0.1) is 0 Å². The maximum absolute atomic E-state index is 2.57. The van der Waals surface area contributed by atoms with Gasteiger partial charge in [-0.25, -0.2) is 0 Å². The zero-order chi connectivity index (χ0) is 20.9. The molecule has 0 amide bonds. The second-order valence-corrected chi connectivity index (χ2v) is 15.8. The predicted octanol–water partition coefficient (Wildman–Crippen LogP) is 2.72. The van der Waals surface area contributed by atoms with Crippen molar-refractivity contribution in [3.63, 3.8) is 0 Å². The molecule has 0 aromatic carbocycles. The molecule has 2 fully saturated rings. The van der Waals surface area contributed by atoms with E-state index in [1.54, 1.807) is 0 Å². The monoisotopic (exact) mass is 538 g/mol. The topological polar surface area (TPSA) is 0 Å². The summed E-state index contributed by atoms with van der Waals surface area (Å²) in [4.78, 5) is 0. The van der Waals surface area contributed by atoms with Crippen LogP contribution in [0.25, 0.3) is 0 Å². The normalized spacial score (nSPS) is 24.5. The molecule has 0 aromatic heterocycles. The second-order valence-electron chi connectivity index (χ2n) is 12.2. The first kappa shape index (κ1) is 27.7. The molecule has 0 heterocycles. The number of rotatable bonds is 4. The van der Waals surface area contributed by atoms with Crippen LogP contribution in [-0.4, -0.2) is 0 Å². The van der Waals surface area contributed by atoms with Crippen LogP contribution < -0.4 is 24.8 Å². The van der Waals surface area contributed by atoms with Gasteiger partial charge in [0.1, 0.15) is 0 Å². The Hall–Kier alpha value is 0.423. The maximum atomic E-state index is 2.57. The molecule has 0 unspecified atom stereocenters. The van der Waals surface area contributed by atoms with Crippen LogP contribution in [0, 0.1) is 21.7 Å². The van der Waals surface area contributed by atoms with Gasteiger partial charge < -0.3 is 24.8 Å². The third-order valence-electron chi connectivity index (χ3n) is 8.98. The first-order valence-electron chi connectivity index (χ1n) is 12.2. The van der Waals surface area contributed by atoms with Gasteiger partial charge in [-0.15, -0.1) is 0 Å². The first-order chi connectivity index (χ1) is 13.6. The summed E-state index contributed by atoms with van der Waals surface area (Å²) in [5.41, 5.74) is 5.26. The molecule has 0 aromatic rings. The van der Waals surface area contributed by atoms with Gasteiger partial charge in [0.25, 0.3) is 0 Å². The van der Waals surface area contributed by atoms with Crippen LogP contribution in [0.4, 0.5) is 0 Å². The van der Waals surface area contributed by atoms with Gasteiger partial charge in [0, 0.05) is 0 Å². The van der Waals surface area contributed by atoms with E-state index in [4.69, 9.17) is 0 Å². The zero-order valence-corrected chi connectivity index (χ0v) is 24.6. The van der Waals surface area contributed by atoms with Gasteiger partial charge in [-0.05, 0) is 0 Å². The molecule has 31 heavy (non-hydrogen) atoms. The molecule has 0 aliphatic heterocycles. The van der Waals surface area contributed by atoms with Gasteiger partial charge in [0.15, 0.2) is 0 Å². The quantitative estimate of drug-likeness (QED) is 0.515. The summed E-state index contributed by atoms with van der Waals surface area (Å²) in [7, 11) is 0. The van der Waals surface area contributed by atoms with Crippen molar-refractivity contribution < 1.29 is 48.0 Å². The van der Waals surface area contributed by atoms with E-state index in [1.807, 2.05) is 17.7 Å². The van der Waals surface area contributed by atoms with Crippen molar-refractivity contribution in [1.82, 2.24) is 0 Å². The Kier molecular flexibility index (Phi) is 8.89. The summed E-state index contributed by atoms with van der Waals surface area (Å²) in [5, 5.41) is 0. The Morgan fingerprint density at radius 1 is 0.613 bits per heavy atom. The summed E-state index contributed by atoms with van der Waals surface area (Å²) in [6.45, 7) is 15.1. The van der Waals surface area contributed by atoms with E-state index in [-0.39, 0.29) is 24.8 Å². The summed E-state index contributed by atoms with van der Waals surface area (Å²) < 4.78 is 3.84. The van der Waals surface area contributed by atoms with Crippen molar-refractivity contribution in [2.75, 3.05) is 0 Å².